The Labute approximate surface area is 181 Å². The van der Waals surface area contributed by atoms with E-state index in [0.29, 0.717) is 48.3 Å². The molecule has 168 valence electrons. The molecule has 8 nitrogen and oxygen atoms in total. The van der Waals surface area contributed by atoms with Crippen molar-refractivity contribution in [2.75, 3.05) is 34.0 Å². The van der Waals surface area contributed by atoms with Crippen LogP contribution in [0.5, 0.6) is 17.2 Å². The minimum atomic E-state index is -1.25. The van der Waals surface area contributed by atoms with Gasteiger partial charge in [0.2, 0.25) is 0 Å². The predicted octanol–water partition coefficient (Wildman–Crippen LogP) is 3.62. The molecule has 1 unspecified atom stereocenters. The Hall–Kier alpha value is -3.00. The van der Waals surface area contributed by atoms with E-state index in [4.69, 9.17) is 18.9 Å². The number of aromatic carboxylic acids is 1. The fraction of sp³-hybridized carbons (Fsp3) is 0.478. The van der Waals surface area contributed by atoms with E-state index < -0.39 is 11.4 Å². The van der Waals surface area contributed by atoms with Crippen LogP contribution >= 0.6 is 0 Å². The van der Waals surface area contributed by atoms with Gasteiger partial charge in [-0.25, -0.2) is 4.79 Å². The van der Waals surface area contributed by atoms with Gasteiger partial charge in [0.25, 0.3) is 0 Å². The first-order valence-corrected chi connectivity index (χ1v) is 10.1. The number of carboxylic acids is 1. The second-order valence-electron chi connectivity index (χ2n) is 8.54. The molecule has 1 aromatic carbocycles. The minimum absolute atomic E-state index is 0.203. The van der Waals surface area contributed by atoms with Crippen LogP contribution < -0.4 is 19.6 Å². The van der Waals surface area contributed by atoms with Crippen molar-refractivity contribution >= 4 is 5.97 Å². The van der Waals surface area contributed by atoms with E-state index in [-0.39, 0.29) is 17.0 Å². The van der Waals surface area contributed by atoms with Gasteiger partial charge in [0.05, 0.1) is 25.5 Å². The number of carbonyl (C=O) groups is 1. The normalized spacial score (nSPS) is 15.3. The minimum Gasteiger partial charge on any atom is -0.493 e. The van der Waals surface area contributed by atoms with Gasteiger partial charge in [0.15, 0.2) is 16.9 Å². The standard InChI is InChI=1S/C23H29NO7/c1-23(2,3)21-13-31-18-11-20(30-8-6-7-28-4)19(29-5)9-14(18)16-10-17(25)15(22(26)27)12-24(16)21/h9-12,21H,6-8,13H2,1-5H3,(H,26,27). The number of carboxylic acid groups (broad SMARTS) is 1. The van der Waals surface area contributed by atoms with Gasteiger partial charge >= 0.3 is 5.97 Å². The number of hydrogen-bond donors (Lipinski definition) is 1. The van der Waals surface area contributed by atoms with Crippen molar-refractivity contribution in [3.8, 4) is 28.5 Å². The molecule has 2 heterocycles. The van der Waals surface area contributed by atoms with E-state index in [0.717, 1.165) is 6.42 Å². The third kappa shape index (κ3) is 4.69. The number of nitrogens with zero attached hydrogens (tertiary/aromatic N) is 1. The second kappa shape index (κ2) is 9.01. The van der Waals surface area contributed by atoms with Crippen LogP contribution in [0.25, 0.3) is 11.3 Å². The molecule has 1 aromatic heterocycles. The maximum atomic E-state index is 12.5. The summed E-state index contributed by atoms with van der Waals surface area (Å²) in [6.45, 7) is 7.48. The molecule has 1 aliphatic heterocycles. The first kappa shape index (κ1) is 22.7. The lowest BCUT2D eigenvalue weighted by Crippen LogP contribution is -2.31. The van der Waals surface area contributed by atoms with Crippen molar-refractivity contribution in [1.29, 1.82) is 0 Å². The van der Waals surface area contributed by atoms with E-state index >= 15 is 0 Å². The molecule has 8 heteroatoms. The third-order valence-electron chi connectivity index (χ3n) is 5.33. The first-order chi connectivity index (χ1) is 14.7. The molecule has 0 radical (unpaired) electrons. The maximum absolute atomic E-state index is 12.5. The quantitative estimate of drug-likeness (QED) is 0.669. The molecule has 0 aliphatic carbocycles. The van der Waals surface area contributed by atoms with Crippen molar-refractivity contribution in [2.24, 2.45) is 5.41 Å². The van der Waals surface area contributed by atoms with E-state index in [2.05, 4.69) is 0 Å². The molecule has 0 saturated heterocycles. The monoisotopic (exact) mass is 431 g/mol. The summed E-state index contributed by atoms with van der Waals surface area (Å²) in [6.07, 6.45) is 2.13. The number of benzene rings is 1. The molecule has 2 aromatic rings. The Kier molecular flexibility index (Phi) is 6.59. The molecule has 0 amide bonds. The Morgan fingerprint density at radius 1 is 1.19 bits per heavy atom. The highest BCUT2D eigenvalue weighted by atomic mass is 16.5. The van der Waals surface area contributed by atoms with Crippen LogP contribution in [0.4, 0.5) is 0 Å². The third-order valence-corrected chi connectivity index (χ3v) is 5.33. The van der Waals surface area contributed by atoms with E-state index in [1.807, 2.05) is 25.3 Å². The number of methoxy groups -OCH3 is 2. The summed E-state index contributed by atoms with van der Waals surface area (Å²) in [4.78, 5) is 24.1. The van der Waals surface area contributed by atoms with Gasteiger partial charge in [-0.3, -0.25) is 4.79 Å². The van der Waals surface area contributed by atoms with Crippen LogP contribution in [-0.2, 0) is 4.74 Å². The zero-order valence-corrected chi connectivity index (χ0v) is 18.6. The molecular weight excluding hydrogens is 402 g/mol. The fourth-order valence-electron chi connectivity index (χ4n) is 3.62. The van der Waals surface area contributed by atoms with Gasteiger partial charge < -0.3 is 28.6 Å². The number of rotatable bonds is 7. The molecule has 31 heavy (non-hydrogen) atoms. The number of ether oxygens (including phenoxy) is 4. The van der Waals surface area contributed by atoms with Crippen LogP contribution in [0, 0.1) is 5.41 Å². The van der Waals surface area contributed by atoms with E-state index in [9.17, 15) is 14.7 Å². The molecule has 1 aliphatic rings. The summed E-state index contributed by atoms with van der Waals surface area (Å²) in [7, 11) is 3.18. The molecule has 0 bridgehead atoms. The average Bonchev–Trinajstić information content (AvgIpc) is 2.85. The lowest BCUT2D eigenvalue weighted by Gasteiger charge is -2.32. The zero-order chi connectivity index (χ0) is 22.8. The Bertz CT molecular complexity index is 1020. The van der Waals surface area contributed by atoms with Crippen LogP contribution in [-0.4, -0.2) is 49.7 Å². The molecule has 0 fully saturated rings. The van der Waals surface area contributed by atoms with Crippen molar-refractivity contribution in [3.05, 3.63) is 40.2 Å². The van der Waals surface area contributed by atoms with Gasteiger partial charge in [-0.2, -0.15) is 0 Å². The number of aromatic nitrogens is 1. The van der Waals surface area contributed by atoms with Crippen LogP contribution in [0.15, 0.2) is 29.2 Å². The summed E-state index contributed by atoms with van der Waals surface area (Å²) in [6, 6.07) is 4.67. The summed E-state index contributed by atoms with van der Waals surface area (Å²) >= 11 is 0. The van der Waals surface area contributed by atoms with Crippen molar-refractivity contribution < 1.29 is 28.8 Å². The Morgan fingerprint density at radius 3 is 2.55 bits per heavy atom. The summed E-state index contributed by atoms with van der Waals surface area (Å²) in [5.74, 6) is 0.319. The van der Waals surface area contributed by atoms with Gasteiger partial charge in [0.1, 0.15) is 17.9 Å². The highest BCUT2D eigenvalue weighted by Gasteiger charge is 2.33. The van der Waals surface area contributed by atoms with Crippen LogP contribution in [0.2, 0.25) is 0 Å². The molecule has 0 saturated carbocycles. The van der Waals surface area contributed by atoms with Gasteiger partial charge in [-0.15, -0.1) is 0 Å². The number of fused-ring (bicyclic) bond motifs is 3. The van der Waals surface area contributed by atoms with Gasteiger partial charge in [-0.05, 0) is 11.5 Å². The SMILES string of the molecule is COCCCOc1cc2c(cc1OC)-c1cc(=O)c(C(=O)O)cn1C(C(C)(C)C)CO2. The van der Waals surface area contributed by atoms with Crippen LogP contribution in [0.1, 0.15) is 43.6 Å². The molecule has 0 spiro atoms. The first-order valence-electron chi connectivity index (χ1n) is 10.1. The lowest BCUT2D eigenvalue weighted by atomic mass is 9.86. The predicted molar refractivity (Wildman–Crippen MR) is 116 cm³/mol. The smallest absolute Gasteiger partial charge is 0.341 e. The highest BCUT2D eigenvalue weighted by Crippen LogP contribution is 2.45. The molecular formula is C23H29NO7. The van der Waals surface area contributed by atoms with Crippen molar-refractivity contribution in [2.45, 2.75) is 33.2 Å². The largest absolute Gasteiger partial charge is 0.493 e. The van der Waals surface area contributed by atoms with Crippen LogP contribution in [0.3, 0.4) is 0 Å². The topological polar surface area (TPSA) is 96.2 Å². The van der Waals surface area contributed by atoms with Gasteiger partial charge in [0, 0.05) is 44.0 Å². The lowest BCUT2D eigenvalue weighted by molar-refractivity contribution is 0.0693. The number of hydrogen-bond acceptors (Lipinski definition) is 6. The van der Waals surface area contributed by atoms with Crippen molar-refractivity contribution in [3.63, 3.8) is 0 Å². The van der Waals surface area contributed by atoms with E-state index in [1.54, 1.807) is 26.4 Å². The molecule has 3 rings (SSSR count). The van der Waals surface area contributed by atoms with E-state index in [1.165, 1.54) is 12.3 Å². The maximum Gasteiger partial charge on any atom is 0.341 e. The second-order valence-corrected chi connectivity index (χ2v) is 8.54. The van der Waals surface area contributed by atoms with Gasteiger partial charge in [-0.1, -0.05) is 20.8 Å². The highest BCUT2D eigenvalue weighted by molar-refractivity contribution is 5.88. The molecule has 1 N–H and O–H groups in total. The van der Waals surface area contributed by atoms with Crippen molar-refractivity contribution in [1.82, 2.24) is 4.57 Å². The summed E-state index contributed by atoms with van der Waals surface area (Å²) in [5.41, 5.74) is 0.128. The zero-order valence-electron chi connectivity index (χ0n) is 18.6. The Balaban J connectivity index is 2.16. The average molecular weight is 431 g/mol. The summed E-state index contributed by atoms with van der Waals surface area (Å²) in [5, 5.41) is 9.47. The number of pyridine rings is 1. The Morgan fingerprint density at radius 2 is 1.94 bits per heavy atom. The summed E-state index contributed by atoms with van der Waals surface area (Å²) < 4.78 is 24.4. The molecule has 1 atom stereocenters. The fourth-order valence-corrected chi connectivity index (χ4v) is 3.62.